The standard InChI is InChI=1S/C27H20ClFN2O5S/c1-15-23(26(33)34-2)24(16-6-4-3-5-7-16)31-25(32)22(37-27(31)30-15)13-18-8-9-19(36-18)14-35-17-10-11-21(29)20(28)12-17/h3-13,24H,14H2,1-2H3/t24-/m1/s1. The Hall–Kier alpha value is -3.95. The first-order valence-corrected chi connectivity index (χ1v) is 12.4. The molecule has 0 radical (unpaired) electrons. The van der Waals surface area contributed by atoms with Crippen LogP contribution in [-0.4, -0.2) is 17.6 Å². The minimum atomic E-state index is -0.671. The fourth-order valence-corrected chi connectivity index (χ4v) is 5.24. The molecule has 1 atom stereocenters. The van der Waals surface area contributed by atoms with Crippen LogP contribution in [0.1, 0.15) is 30.0 Å². The summed E-state index contributed by atoms with van der Waals surface area (Å²) in [4.78, 5) is 31.2. The van der Waals surface area contributed by atoms with E-state index in [1.807, 2.05) is 30.3 Å². The van der Waals surface area contributed by atoms with E-state index in [1.54, 1.807) is 25.1 Å². The number of furan rings is 1. The highest BCUT2D eigenvalue weighted by molar-refractivity contribution is 7.07. The number of halogens is 2. The number of hydrogen-bond donors (Lipinski definition) is 0. The van der Waals surface area contributed by atoms with E-state index >= 15 is 0 Å². The number of methoxy groups -OCH3 is 1. The molecule has 5 rings (SSSR count). The van der Waals surface area contributed by atoms with Gasteiger partial charge in [-0.25, -0.2) is 14.2 Å². The maximum absolute atomic E-state index is 13.5. The second kappa shape index (κ2) is 10.2. The molecule has 188 valence electrons. The lowest BCUT2D eigenvalue weighted by molar-refractivity contribution is -0.136. The molecule has 37 heavy (non-hydrogen) atoms. The van der Waals surface area contributed by atoms with Crippen LogP contribution in [-0.2, 0) is 16.1 Å². The molecule has 0 saturated heterocycles. The van der Waals surface area contributed by atoms with Crippen molar-refractivity contribution in [1.82, 2.24) is 4.57 Å². The highest BCUT2D eigenvalue weighted by Gasteiger charge is 2.32. The van der Waals surface area contributed by atoms with Gasteiger partial charge in [0.2, 0.25) is 0 Å². The molecule has 4 aromatic rings. The van der Waals surface area contributed by atoms with Crippen molar-refractivity contribution in [3.63, 3.8) is 0 Å². The Morgan fingerprint density at radius 2 is 2.00 bits per heavy atom. The number of benzene rings is 2. The van der Waals surface area contributed by atoms with Crippen molar-refractivity contribution < 1.29 is 23.1 Å². The van der Waals surface area contributed by atoms with Gasteiger partial charge in [0.15, 0.2) is 4.80 Å². The molecule has 0 aliphatic carbocycles. The van der Waals surface area contributed by atoms with Gasteiger partial charge < -0.3 is 13.9 Å². The van der Waals surface area contributed by atoms with Crippen LogP contribution < -0.4 is 19.6 Å². The SMILES string of the molecule is COC(=O)C1=C(C)N=c2sc(=Cc3ccc(COc4ccc(F)c(Cl)c4)o3)c(=O)n2[C@@H]1c1ccccc1. The summed E-state index contributed by atoms with van der Waals surface area (Å²) in [5.41, 5.74) is 1.27. The van der Waals surface area contributed by atoms with Crippen LogP contribution in [0, 0.1) is 5.82 Å². The number of aromatic nitrogens is 1. The number of ether oxygens (including phenoxy) is 2. The van der Waals surface area contributed by atoms with E-state index in [-0.39, 0.29) is 17.2 Å². The fraction of sp³-hybridized carbons (Fsp3) is 0.148. The molecule has 10 heteroatoms. The Morgan fingerprint density at radius 3 is 2.73 bits per heavy atom. The first-order valence-electron chi connectivity index (χ1n) is 11.2. The van der Waals surface area contributed by atoms with Crippen molar-refractivity contribution in [3.8, 4) is 5.75 Å². The number of rotatable bonds is 6. The molecule has 7 nitrogen and oxygen atoms in total. The Labute approximate surface area is 219 Å². The van der Waals surface area contributed by atoms with Gasteiger partial charge in [-0.1, -0.05) is 53.3 Å². The number of esters is 1. The largest absolute Gasteiger partial charge is 0.486 e. The fourth-order valence-electron chi connectivity index (χ4n) is 4.04. The lowest BCUT2D eigenvalue weighted by Gasteiger charge is -2.24. The Kier molecular flexibility index (Phi) is 6.82. The van der Waals surface area contributed by atoms with Crippen molar-refractivity contribution >= 4 is 35.0 Å². The van der Waals surface area contributed by atoms with Crippen molar-refractivity contribution in [2.24, 2.45) is 4.99 Å². The Morgan fingerprint density at radius 1 is 1.22 bits per heavy atom. The van der Waals surface area contributed by atoms with Gasteiger partial charge >= 0.3 is 5.97 Å². The summed E-state index contributed by atoms with van der Waals surface area (Å²) >= 11 is 6.99. The molecule has 0 amide bonds. The van der Waals surface area contributed by atoms with Crippen molar-refractivity contribution in [2.45, 2.75) is 19.6 Å². The van der Waals surface area contributed by atoms with Crippen LogP contribution in [0.4, 0.5) is 4.39 Å². The molecular formula is C27H20ClFN2O5S. The maximum atomic E-state index is 13.5. The molecule has 2 aromatic heterocycles. The van der Waals surface area contributed by atoms with Crippen molar-refractivity contribution in [3.05, 3.63) is 120 Å². The van der Waals surface area contributed by atoms with Crippen molar-refractivity contribution in [1.29, 1.82) is 0 Å². The van der Waals surface area contributed by atoms with E-state index in [4.69, 9.17) is 25.5 Å². The lowest BCUT2D eigenvalue weighted by Crippen LogP contribution is -2.39. The van der Waals surface area contributed by atoms with Crippen LogP contribution in [0.5, 0.6) is 5.75 Å². The number of nitrogens with zero attached hydrogens (tertiary/aromatic N) is 2. The molecular weight excluding hydrogens is 519 g/mol. The summed E-state index contributed by atoms with van der Waals surface area (Å²) in [6.07, 6.45) is 1.63. The zero-order valence-corrected chi connectivity index (χ0v) is 21.3. The summed E-state index contributed by atoms with van der Waals surface area (Å²) in [6, 6.07) is 16.1. The highest BCUT2D eigenvalue weighted by atomic mass is 35.5. The molecule has 0 N–H and O–H groups in total. The molecule has 0 bridgehead atoms. The first-order chi connectivity index (χ1) is 17.9. The number of allylic oxidation sites excluding steroid dienone is 1. The number of thiazole rings is 1. The van der Waals surface area contributed by atoms with E-state index in [2.05, 4.69) is 4.99 Å². The third-order valence-corrected chi connectivity index (χ3v) is 7.04. The minimum absolute atomic E-state index is 0.0348. The summed E-state index contributed by atoms with van der Waals surface area (Å²) in [5.74, 6) is 0.281. The predicted molar refractivity (Wildman–Crippen MR) is 137 cm³/mol. The Bertz CT molecular complexity index is 1700. The molecule has 3 heterocycles. The van der Waals surface area contributed by atoms with Gasteiger partial charge in [0.25, 0.3) is 5.56 Å². The summed E-state index contributed by atoms with van der Waals surface area (Å²) in [5, 5.41) is -0.0348. The normalized spacial score (nSPS) is 15.4. The molecule has 2 aromatic carbocycles. The number of carbonyl (C=O) groups is 1. The molecule has 1 aliphatic heterocycles. The highest BCUT2D eigenvalue weighted by Crippen LogP contribution is 2.30. The average Bonchev–Trinajstić information content (AvgIpc) is 3.47. The minimum Gasteiger partial charge on any atom is -0.486 e. The second-order valence-corrected chi connectivity index (χ2v) is 9.57. The topological polar surface area (TPSA) is 83.0 Å². The summed E-state index contributed by atoms with van der Waals surface area (Å²) in [6.45, 7) is 1.82. The van der Waals surface area contributed by atoms with E-state index in [0.717, 1.165) is 5.56 Å². The average molecular weight is 539 g/mol. The molecule has 0 unspecified atom stereocenters. The van der Waals surface area contributed by atoms with E-state index in [9.17, 15) is 14.0 Å². The third-order valence-electron chi connectivity index (χ3n) is 5.77. The van der Waals surface area contributed by atoms with Gasteiger partial charge in [0.05, 0.1) is 34.0 Å². The quantitative estimate of drug-likeness (QED) is 0.340. The van der Waals surface area contributed by atoms with Gasteiger partial charge in [-0.05, 0) is 36.8 Å². The maximum Gasteiger partial charge on any atom is 0.338 e. The monoisotopic (exact) mass is 538 g/mol. The van der Waals surface area contributed by atoms with Crippen LogP contribution in [0.3, 0.4) is 0 Å². The number of carbonyl (C=O) groups excluding carboxylic acids is 1. The van der Waals surface area contributed by atoms with Crippen LogP contribution >= 0.6 is 22.9 Å². The lowest BCUT2D eigenvalue weighted by atomic mass is 9.96. The van der Waals surface area contributed by atoms with Crippen molar-refractivity contribution in [2.75, 3.05) is 7.11 Å². The zero-order valence-electron chi connectivity index (χ0n) is 19.7. The van der Waals surface area contributed by atoms with Gasteiger partial charge in [0.1, 0.15) is 29.7 Å². The van der Waals surface area contributed by atoms with Crippen LogP contribution in [0.2, 0.25) is 5.02 Å². The number of fused-ring (bicyclic) bond motifs is 1. The van der Waals surface area contributed by atoms with E-state index in [1.165, 1.54) is 41.2 Å². The second-order valence-electron chi connectivity index (χ2n) is 8.15. The van der Waals surface area contributed by atoms with Crippen LogP contribution in [0.15, 0.2) is 86.1 Å². The van der Waals surface area contributed by atoms with Gasteiger partial charge in [-0.2, -0.15) is 0 Å². The predicted octanol–water partition coefficient (Wildman–Crippen LogP) is 4.37. The number of hydrogen-bond acceptors (Lipinski definition) is 7. The summed E-state index contributed by atoms with van der Waals surface area (Å²) < 4.78 is 31.7. The van der Waals surface area contributed by atoms with E-state index < -0.39 is 17.8 Å². The zero-order chi connectivity index (χ0) is 26.1. The van der Waals surface area contributed by atoms with Gasteiger partial charge in [0, 0.05) is 12.1 Å². The molecule has 0 fully saturated rings. The Balaban J connectivity index is 1.49. The van der Waals surface area contributed by atoms with Gasteiger partial charge in [-0.3, -0.25) is 9.36 Å². The molecule has 1 aliphatic rings. The van der Waals surface area contributed by atoms with E-state index in [0.29, 0.717) is 37.9 Å². The van der Waals surface area contributed by atoms with Gasteiger partial charge in [-0.15, -0.1) is 0 Å². The smallest absolute Gasteiger partial charge is 0.338 e. The summed E-state index contributed by atoms with van der Waals surface area (Å²) in [7, 11) is 1.30. The van der Waals surface area contributed by atoms with Crippen LogP contribution in [0.25, 0.3) is 6.08 Å². The molecule has 0 saturated carbocycles. The first kappa shape index (κ1) is 24.7. The molecule has 0 spiro atoms. The third kappa shape index (κ3) is 4.87.